The van der Waals surface area contributed by atoms with Crippen LogP contribution >= 0.6 is 0 Å². The number of anilines is 2. The molecule has 0 aliphatic rings. The molecular weight excluding hydrogens is 228 g/mol. The van der Waals surface area contributed by atoms with Gasteiger partial charge in [0.2, 0.25) is 0 Å². The van der Waals surface area contributed by atoms with E-state index in [0.717, 1.165) is 18.5 Å². The first-order valence-corrected chi connectivity index (χ1v) is 6.22. The number of hydrogen-bond acceptors (Lipinski definition) is 4. The first kappa shape index (κ1) is 14.5. The lowest BCUT2D eigenvalue weighted by Crippen LogP contribution is -2.33. The summed E-state index contributed by atoms with van der Waals surface area (Å²) in [7, 11) is 0. The Morgan fingerprint density at radius 2 is 2.17 bits per heavy atom. The fourth-order valence-electron chi connectivity index (χ4n) is 1.91. The highest BCUT2D eigenvalue weighted by Crippen LogP contribution is 2.20. The van der Waals surface area contributed by atoms with E-state index in [0.29, 0.717) is 17.8 Å². The van der Waals surface area contributed by atoms with Crippen molar-refractivity contribution in [3.05, 3.63) is 23.8 Å². The van der Waals surface area contributed by atoms with Gasteiger partial charge in [0, 0.05) is 23.5 Å². The van der Waals surface area contributed by atoms with Crippen LogP contribution in [0.5, 0.6) is 0 Å². The molecule has 0 heterocycles. The summed E-state index contributed by atoms with van der Waals surface area (Å²) in [6.45, 7) is 5.79. The molecule has 4 heteroatoms. The molecule has 0 aliphatic carbocycles. The molecule has 100 valence electrons. The molecule has 0 saturated heterocycles. The molecule has 1 unspecified atom stereocenters. The van der Waals surface area contributed by atoms with Crippen molar-refractivity contribution >= 4 is 17.2 Å². The number of nitrogen functional groups attached to an aromatic ring is 1. The third-order valence-electron chi connectivity index (χ3n) is 2.89. The number of aliphatic hydroxyl groups is 1. The predicted octanol–water partition coefficient (Wildman–Crippen LogP) is 2.43. The second-order valence-electron chi connectivity index (χ2n) is 4.96. The minimum absolute atomic E-state index is 0.0444. The van der Waals surface area contributed by atoms with Crippen LogP contribution in [-0.2, 0) is 0 Å². The van der Waals surface area contributed by atoms with Gasteiger partial charge in [0.1, 0.15) is 0 Å². The summed E-state index contributed by atoms with van der Waals surface area (Å²) >= 11 is 0. The maximum atomic E-state index is 11.2. The number of nitrogens with one attached hydrogen (secondary N) is 1. The minimum atomic E-state index is -0.733. The van der Waals surface area contributed by atoms with Gasteiger partial charge in [-0.15, -0.1) is 0 Å². The topological polar surface area (TPSA) is 75.3 Å². The van der Waals surface area contributed by atoms with Crippen molar-refractivity contribution in [1.29, 1.82) is 0 Å². The summed E-state index contributed by atoms with van der Waals surface area (Å²) in [5, 5.41) is 13.2. The number of ketones is 1. The zero-order valence-electron chi connectivity index (χ0n) is 11.3. The monoisotopic (exact) mass is 250 g/mol. The molecule has 1 aromatic rings. The Balaban J connectivity index is 2.70. The van der Waals surface area contributed by atoms with Gasteiger partial charge in [-0.05, 0) is 38.5 Å². The SMILES string of the molecule is CCCC(C)(O)CNc1ccc(C(C)=O)c(N)c1. The first-order chi connectivity index (χ1) is 8.35. The largest absolute Gasteiger partial charge is 0.398 e. The molecule has 1 atom stereocenters. The van der Waals surface area contributed by atoms with Crippen LogP contribution in [0.25, 0.3) is 0 Å². The van der Waals surface area contributed by atoms with Crippen molar-refractivity contribution < 1.29 is 9.90 Å². The lowest BCUT2D eigenvalue weighted by Gasteiger charge is -2.23. The third-order valence-corrected chi connectivity index (χ3v) is 2.89. The highest BCUT2D eigenvalue weighted by atomic mass is 16.3. The van der Waals surface area contributed by atoms with Gasteiger partial charge in [-0.1, -0.05) is 13.3 Å². The maximum absolute atomic E-state index is 11.2. The van der Waals surface area contributed by atoms with Crippen molar-refractivity contribution in [2.45, 2.75) is 39.2 Å². The number of rotatable bonds is 6. The third kappa shape index (κ3) is 4.04. The zero-order valence-corrected chi connectivity index (χ0v) is 11.3. The summed E-state index contributed by atoms with van der Waals surface area (Å²) in [5.74, 6) is -0.0444. The van der Waals surface area contributed by atoms with E-state index in [2.05, 4.69) is 5.32 Å². The average molecular weight is 250 g/mol. The van der Waals surface area contributed by atoms with Crippen LogP contribution in [0, 0.1) is 0 Å². The minimum Gasteiger partial charge on any atom is -0.398 e. The summed E-state index contributed by atoms with van der Waals surface area (Å²) < 4.78 is 0. The molecular formula is C14H22N2O2. The summed E-state index contributed by atoms with van der Waals surface area (Å²) in [6, 6.07) is 5.22. The summed E-state index contributed by atoms with van der Waals surface area (Å²) in [6.07, 6.45) is 1.67. The van der Waals surface area contributed by atoms with Crippen LogP contribution in [0.1, 0.15) is 44.0 Å². The highest BCUT2D eigenvalue weighted by molar-refractivity contribution is 5.99. The highest BCUT2D eigenvalue weighted by Gasteiger charge is 2.18. The summed E-state index contributed by atoms with van der Waals surface area (Å²) in [4.78, 5) is 11.2. The fourth-order valence-corrected chi connectivity index (χ4v) is 1.91. The van der Waals surface area contributed by atoms with E-state index in [1.54, 1.807) is 25.1 Å². The van der Waals surface area contributed by atoms with Crippen LogP contribution < -0.4 is 11.1 Å². The quantitative estimate of drug-likeness (QED) is 0.535. The maximum Gasteiger partial charge on any atom is 0.161 e. The zero-order chi connectivity index (χ0) is 13.8. The van der Waals surface area contributed by atoms with Crippen molar-refractivity contribution in [3.8, 4) is 0 Å². The predicted molar refractivity (Wildman–Crippen MR) is 74.9 cm³/mol. The molecule has 4 nitrogen and oxygen atoms in total. The molecule has 1 aromatic carbocycles. The summed E-state index contributed by atoms with van der Waals surface area (Å²) in [5.41, 5.74) is 6.87. The molecule has 0 radical (unpaired) electrons. The first-order valence-electron chi connectivity index (χ1n) is 6.22. The molecule has 0 amide bonds. The van der Waals surface area contributed by atoms with Gasteiger partial charge in [-0.25, -0.2) is 0 Å². The van der Waals surface area contributed by atoms with Gasteiger partial charge in [-0.2, -0.15) is 0 Å². The van der Waals surface area contributed by atoms with Crippen LogP contribution in [-0.4, -0.2) is 23.0 Å². The van der Waals surface area contributed by atoms with E-state index in [9.17, 15) is 9.90 Å². The number of nitrogens with two attached hydrogens (primary N) is 1. The Morgan fingerprint density at radius 3 is 2.67 bits per heavy atom. The van der Waals surface area contributed by atoms with Gasteiger partial charge in [0.25, 0.3) is 0 Å². The molecule has 0 aromatic heterocycles. The van der Waals surface area contributed by atoms with Gasteiger partial charge in [0.05, 0.1) is 5.60 Å². The van der Waals surface area contributed by atoms with Crippen molar-refractivity contribution in [2.24, 2.45) is 0 Å². The second kappa shape index (κ2) is 5.87. The Kier molecular flexibility index (Phi) is 4.73. The van der Waals surface area contributed by atoms with Crippen LogP contribution in [0.3, 0.4) is 0 Å². The smallest absolute Gasteiger partial charge is 0.161 e. The van der Waals surface area contributed by atoms with Crippen molar-refractivity contribution in [1.82, 2.24) is 0 Å². The molecule has 0 aliphatic heterocycles. The van der Waals surface area contributed by atoms with Crippen molar-refractivity contribution in [2.75, 3.05) is 17.6 Å². The van der Waals surface area contributed by atoms with Crippen LogP contribution in [0.4, 0.5) is 11.4 Å². The number of Topliss-reactive ketones (excluding diaryl/α,β-unsaturated/α-hetero) is 1. The standard InChI is InChI=1S/C14H22N2O2/c1-4-7-14(3,18)9-16-11-5-6-12(10(2)17)13(15)8-11/h5-6,8,16,18H,4,7,9,15H2,1-3H3. The molecule has 18 heavy (non-hydrogen) atoms. The molecule has 0 bridgehead atoms. The van der Waals surface area contributed by atoms with Gasteiger partial charge in [0.15, 0.2) is 5.78 Å². The average Bonchev–Trinajstić information content (AvgIpc) is 2.26. The van der Waals surface area contributed by atoms with Crippen LogP contribution in [0.2, 0.25) is 0 Å². The van der Waals surface area contributed by atoms with E-state index < -0.39 is 5.60 Å². The molecule has 4 N–H and O–H groups in total. The van der Waals surface area contributed by atoms with Gasteiger partial charge in [-0.3, -0.25) is 4.79 Å². The van der Waals surface area contributed by atoms with E-state index in [1.165, 1.54) is 6.92 Å². The molecule has 0 spiro atoms. The van der Waals surface area contributed by atoms with Gasteiger partial charge >= 0.3 is 0 Å². The van der Waals surface area contributed by atoms with Crippen LogP contribution in [0.15, 0.2) is 18.2 Å². The lowest BCUT2D eigenvalue weighted by atomic mass is 10.0. The Hall–Kier alpha value is -1.55. The Morgan fingerprint density at radius 1 is 1.50 bits per heavy atom. The van der Waals surface area contributed by atoms with Crippen molar-refractivity contribution in [3.63, 3.8) is 0 Å². The lowest BCUT2D eigenvalue weighted by molar-refractivity contribution is 0.0636. The molecule has 0 saturated carbocycles. The Labute approximate surface area is 108 Å². The number of carbonyl (C=O) groups excluding carboxylic acids is 1. The number of carbonyl (C=O) groups is 1. The normalized spacial score (nSPS) is 14.0. The molecule has 1 rings (SSSR count). The van der Waals surface area contributed by atoms with Gasteiger partial charge < -0.3 is 16.2 Å². The van der Waals surface area contributed by atoms with E-state index in [4.69, 9.17) is 5.73 Å². The Bertz CT molecular complexity index is 428. The number of benzene rings is 1. The van der Waals surface area contributed by atoms with E-state index in [-0.39, 0.29) is 5.78 Å². The number of hydrogen-bond donors (Lipinski definition) is 3. The fraction of sp³-hybridized carbons (Fsp3) is 0.500. The van der Waals surface area contributed by atoms with E-state index in [1.807, 2.05) is 6.92 Å². The second-order valence-corrected chi connectivity index (χ2v) is 4.96. The molecule has 0 fully saturated rings. The van der Waals surface area contributed by atoms with E-state index >= 15 is 0 Å².